The summed E-state index contributed by atoms with van der Waals surface area (Å²) in [6.07, 6.45) is 0. The summed E-state index contributed by atoms with van der Waals surface area (Å²) in [6.45, 7) is 6.91. The lowest BCUT2D eigenvalue weighted by Crippen LogP contribution is -2.46. The van der Waals surface area contributed by atoms with E-state index in [0.29, 0.717) is 0 Å². The van der Waals surface area contributed by atoms with Gasteiger partial charge in [-0.2, -0.15) is 0 Å². The molecule has 0 spiro atoms. The Morgan fingerprint density at radius 1 is 1.20 bits per heavy atom. The monoisotopic (exact) mass is 290 g/mol. The Morgan fingerprint density at radius 2 is 1.95 bits per heavy atom. The molecular weight excluding hydrogens is 268 g/mol. The molecule has 0 atom stereocenters. The van der Waals surface area contributed by atoms with Gasteiger partial charge in [0.1, 0.15) is 0 Å². The predicted octanol–water partition coefficient (Wildman–Crippen LogP) is 1.98. The summed E-state index contributed by atoms with van der Waals surface area (Å²) in [5.74, 6) is 0. The summed E-state index contributed by atoms with van der Waals surface area (Å²) in [4.78, 5) is 11.9. The molecule has 1 aliphatic rings. The van der Waals surface area contributed by atoms with Gasteiger partial charge in [0.05, 0.1) is 10.2 Å². The number of piperazine rings is 1. The Labute approximate surface area is 124 Å². The molecule has 2 aromatic rings. The fourth-order valence-corrected chi connectivity index (χ4v) is 3.43. The van der Waals surface area contributed by atoms with Crippen LogP contribution in [-0.4, -0.2) is 68.1 Å². The number of para-hydroxylation sites is 1. The Kier molecular flexibility index (Phi) is 4.19. The van der Waals surface area contributed by atoms with Crippen LogP contribution in [0.2, 0.25) is 0 Å². The van der Waals surface area contributed by atoms with Crippen molar-refractivity contribution in [3.8, 4) is 0 Å². The van der Waals surface area contributed by atoms with Gasteiger partial charge in [-0.05, 0) is 19.2 Å². The Morgan fingerprint density at radius 3 is 2.70 bits per heavy atom. The van der Waals surface area contributed by atoms with Crippen molar-refractivity contribution in [2.75, 3.05) is 58.3 Å². The standard InChI is InChI=1S/C15H22N4S/c1-17-7-10-19(11-8-17)12-9-18(2)15-16-13-5-3-4-6-14(13)20-15/h3-6H,7-12H2,1-2H3. The van der Waals surface area contributed by atoms with Crippen molar-refractivity contribution in [2.24, 2.45) is 0 Å². The molecule has 1 fully saturated rings. The smallest absolute Gasteiger partial charge is 0.186 e. The molecule has 0 unspecified atom stereocenters. The van der Waals surface area contributed by atoms with Gasteiger partial charge in [0.2, 0.25) is 0 Å². The minimum Gasteiger partial charge on any atom is -0.350 e. The lowest BCUT2D eigenvalue weighted by atomic mass is 10.3. The van der Waals surface area contributed by atoms with Gasteiger partial charge in [-0.3, -0.25) is 4.90 Å². The fraction of sp³-hybridized carbons (Fsp3) is 0.533. The third-order valence-electron chi connectivity index (χ3n) is 3.96. The summed E-state index contributed by atoms with van der Waals surface area (Å²) in [5.41, 5.74) is 1.11. The van der Waals surface area contributed by atoms with Gasteiger partial charge in [-0.1, -0.05) is 23.5 Å². The summed E-state index contributed by atoms with van der Waals surface area (Å²) >= 11 is 1.78. The van der Waals surface area contributed by atoms with Crippen LogP contribution in [-0.2, 0) is 0 Å². The van der Waals surface area contributed by atoms with E-state index in [9.17, 15) is 0 Å². The maximum Gasteiger partial charge on any atom is 0.186 e. The van der Waals surface area contributed by atoms with E-state index < -0.39 is 0 Å². The second-order valence-corrected chi connectivity index (χ2v) is 6.54. The first-order valence-electron chi connectivity index (χ1n) is 7.20. The second kappa shape index (κ2) is 6.08. The lowest BCUT2D eigenvalue weighted by molar-refractivity contribution is 0.157. The van der Waals surface area contributed by atoms with Crippen LogP contribution in [0.3, 0.4) is 0 Å². The first-order chi connectivity index (χ1) is 9.72. The highest BCUT2D eigenvalue weighted by Gasteiger charge is 2.15. The third-order valence-corrected chi connectivity index (χ3v) is 5.11. The number of likely N-dealkylation sites (N-methyl/N-ethyl adjacent to an activating group) is 2. The van der Waals surface area contributed by atoms with Crippen LogP contribution >= 0.6 is 11.3 Å². The van der Waals surface area contributed by atoms with E-state index in [0.717, 1.165) is 23.7 Å². The number of anilines is 1. The minimum absolute atomic E-state index is 1.05. The molecule has 1 aliphatic heterocycles. The normalized spacial score (nSPS) is 17.7. The Balaban J connectivity index is 1.57. The van der Waals surface area contributed by atoms with Gasteiger partial charge in [0.25, 0.3) is 0 Å². The maximum atomic E-state index is 4.71. The van der Waals surface area contributed by atoms with Gasteiger partial charge in [0.15, 0.2) is 5.13 Å². The number of nitrogens with zero attached hydrogens (tertiary/aromatic N) is 4. The molecule has 0 saturated carbocycles. The SMILES string of the molecule is CN1CCN(CCN(C)c2nc3ccccc3s2)CC1. The number of fused-ring (bicyclic) bond motifs is 1. The third kappa shape index (κ3) is 3.11. The molecule has 1 aromatic carbocycles. The average Bonchev–Trinajstić information content (AvgIpc) is 2.90. The molecule has 4 nitrogen and oxygen atoms in total. The summed E-state index contributed by atoms with van der Waals surface area (Å²) in [7, 11) is 4.35. The number of thiazole rings is 1. The number of hydrogen-bond donors (Lipinski definition) is 0. The Hall–Kier alpha value is -1.17. The van der Waals surface area contributed by atoms with Crippen molar-refractivity contribution < 1.29 is 0 Å². The zero-order chi connectivity index (χ0) is 13.9. The molecule has 5 heteroatoms. The van der Waals surface area contributed by atoms with Gasteiger partial charge in [-0.15, -0.1) is 0 Å². The quantitative estimate of drug-likeness (QED) is 0.859. The molecular formula is C15H22N4S. The summed E-state index contributed by atoms with van der Waals surface area (Å²) in [6, 6.07) is 8.36. The average molecular weight is 290 g/mol. The minimum atomic E-state index is 1.05. The van der Waals surface area contributed by atoms with Crippen LogP contribution in [0.25, 0.3) is 10.2 Å². The van der Waals surface area contributed by atoms with Crippen molar-refractivity contribution in [1.82, 2.24) is 14.8 Å². The highest BCUT2D eigenvalue weighted by molar-refractivity contribution is 7.22. The van der Waals surface area contributed by atoms with Gasteiger partial charge < -0.3 is 9.80 Å². The fourth-order valence-electron chi connectivity index (χ4n) is 2.48. The number of benzene rings is 1. The van der Waals surface area contributed by atoms with Gasteiger partial charge >= 0.3 is 0 Å². The number of aromatic nitrogens is 1. The van der Waals surface area contributed by atoms with E-state index in [2.05, 4.69) is 53.1 Å². The van der Waals surface area contributed by atoms with E-state index in [4.69, 9.17) is 4.98 Å². The molecule has 3 rings (SSSR count). The highest BCUT2D eigenvalue weighted by atomic mass is 32.1. The van der Waals surface area contributed by atoms with E-state index in [1.807, 2.05) is 0 Å². The van der Waals surface area contributed by atoms with Crippen molar-refractivity contribution in [1.29, 1.82) is 0 Å². The van der Waals surface area contributed by atoms with Crippen LogP contribution in [0, 0.1) is 0 Å². The predicted molar refractivity (Wildman–Crippen MR) is 86.8 cm³/mol. The molecule has 1 saturated heterocycles. The molecule has 0 N–H and O–H groups in total. The highest BCUT2D eigenvalue weighted by Crippen LogP contribution is 2.27. The molecule has 1 aromatic heterocycles. The molecule has 108 valence electrons. The second-order valence-electron chi connectivity index (χ2n) is 5.53. The first kappa shape index (κ1) is 13.8. The molecule has 2 heterocycles. The summed E-state index contributed by atoms with van der Waals surface area (Å²) < 4.78 is 1.27. The van der Waals surface area contributed by atoms with Crippen LogP contribution in [0.1, 0.15) is 0 Å². The lowest BCUT2D eigenvalue weighted by Gasteiger charge is -2.33. The zero-order valence-electron chi connectivity index (χ0n) is 12.2. The van der Waals surface area contributed by atoms with Crippen molar-refractivity contribution in [3.63, 3.8) is 0 Å². The largest absolute Gasteiger partial charge is 0.350 e. The number of rotatable bonds is 4. The molecule has 0 bridgehead atoms. The van der Waals surface area contributed by atoms with Crippen molar-refractivity contribution in [3.05, 3.63) is 24.3 Å². The molecule has 0 radical (unpaired) electrons. The molecule has 0 amide bonds. The molecule has 20 heavy (non-hydrogen) atoms. The van der Waals surface area contributed by atoms with Gasteiger partial charge in [0, 0.05) is 46.3 Å². The first-order valence-corrected chi connectivity index (χ1v) is 8.01. The topological polar surface area (TPSA) is 22.6 Å². The van der Waals surface area contributed by atoms with Crippen molar-refractivity contribution in [2.45, 2.75) is 0 Å². The maximum absolute atomic E-state index is 4.71. The van der Waals surface area contributed by atoms with Crippen molar-refractivity contribution >= 4 is 26.7 Å². The van der Waals surface area contributed by atoms with Crippen LogP contribution in [0.15, 0.2) is 24.3 Å². The van der Waals surface area contributed by atoms with E-state index in [1.54, 1.807) is 11.3 Å². The number of hydrogen-bond acceptors (Lipinski definition) is 5. The van der Waals surface area contributed by atoms with Crippen LogP contribution in [0.4, 0.5) is 5.13 Å². The van der Waals surface area contributed by atoms with Crippen LogP contribution in [0.5, 0.6) is 0 Å². The van der Waals surface area contributed by atoms with E-state index in [-0.39, 0.29) is 0 Å². The summed E-state index contributed by atoms with van der Waals surface area (Å²) in [5, 5.41) is 1.13. The Bertz CT molecular complexity index is 527. The zero-order valence-corrected chi connectivity index (χ0v) is 13.1. The molecule has 0 aliphatic carbocycles. The van der Waals surface area contributed by atoms with Gasteiger partial charge in [-0.25, -0.2) is 4.98 Å². The van der Waals surface area contributed by atoms with Crippen LogP contribution < -0.4 is 4.90 Å². The van der Waals surface area contributed by atoms with E-state index in [1.165, 1.54) is 30.9 Å². The van der Waals surface area contributed by atoms with E-state index >= 15 is 0 Å².